The summed E-state index contributed by atoms with van der Waals surface area (Å²) in [7, 11) is 0. The summed E-state index contributed by atoms with van der Waals surface area (Å²) in [6, 6.07) is 14.0. The van der Waals surface area contributed by atoms with Gasteiger partial charge in [0.05, 0.1) is 16.9 Å². The second-order valence-corrected chi connectivity index (χ2v) is 8.91. The van der Waals surface area contributed by atoms with Crippen LogP contribution in [0.1, 0.15) is 52.4 Å². The number of aromatic nitrogens is 2. The maximum absolute atomic E-state index is 13.4. The molecule has 6 nitrogen and oxygen atoms in total. The molecule has 1 amide bonds. The highest BCUT2D eigenvalue weighted by molar-refractivity contribution is 6.30. The number of nitrogens with zero attached hydrogens (tertiary/aromatic N) is 3. The fourth-order valence-corrected chi connectivity index (χ4v) is 4.02. The molecule has 33 heavy (non-hydrogen) atoms. The van der Waals surface area contributed by atoms with Gasteiger partial charge in [0.15, 0.2) is 6.61 Å². The van der Waals surface area contributed by atoms with E-state index in [1.165, 1.54) is 0 Å². The molecule has 0 aliphatic rings. The molecule has 0 spiro atoms. The second kappa shape index (κ2) is 11.3. The Morgan fingerprint density at radius 3 is 2.45 bits per heavy atom. The first kappa shape index (κ1) is 24.8. The Balaban J connectivity index is 1.96. The standard InChI is InChI=1S/C26H32ClN3O3/c1-5-23(25-28-22-10-8-7-9-21(22)26(32)29(25)6-2)30(16-15-18(3)4)24(31)17-33-20-13-11-19(27)12-14-20/h7-14,18,23H,5-6,15-17H2,1-4H3. The first-order valence-electron chi connectivity index (χ1n) is 11.5. The van der Waals surface area contributed by atoms with E-state index < -0.39 is 0 Å². The molecule has 0 aliphatic heterocycles. The highest BCUT2D eigenvalue weighted by Crippen LogP contribution is 2.25. The molecule has 7 heteroatoms. The summed E-state index contributed by atoms with van der Waals surface area (Å²) in [5.74, 6) is 1.49. The van der Waals surface area contributed by atoms with Crippen LogP contribution in [0.5, 0.6) is 5.75 Å². The van der Waals surface area contributed by atoms with E-state index in [9.17, 15) is 9.59 Å². The van der Waals surface area contributed by atoms with Gasteiger partial charge in [-0.25, -0.2) is 4.98 Å². The van der Waals surface area contributed by atoms with E-state index in [0.717, 1.165) is 6.42 Å². The molecule has 0 saturated carbocycles. The minimum absolute atomic E-state index is 0.0785. The van der Waals surface area contributed by atoms with E-state index in [4.69, 9.17) is 21.3 Å². The minimum Gasteiger partial charge on any atom is -0.484 e. The van der Waals surface area contributed by atoms with Gasteiger partial charge in [-0.15, -0.1) is 0 Å². The van der Waals surface area contributed by atoms with Crippen LogP contribution in [0.25, 0.3) is 10.9 Å². The van der Waals surface area contributed by atoms with Crippen molar-refractivity contribution in [1.82, 2.24) is 14.5 Å². The smallest absolute Gasteiger partial charge is 0.261 e. The Hall–Kier alpha value is -2.86. The third-order valence-corrected chi connectivity index (χ3v) is 5.96. The van der Waals surface area contributed by atoms with Crippen molar-refractivity contribution in [3.8, 4) is 5.75 Å². The monoisotopic (exact) mass is 469 g/mol. The van der Waals surface area contributed by atoms with Crippen molar-refractivity contribution >= 4 is 28.4 Å². The lowest BCUT2D eigenvalue weighted by Gasteiger charge is -2.32. The topological polar surface area (TPSA) is 64.4 Å². The number of halogens is 1. The molecular formula is C26H32ClN3O3. The van der Waals surface area contributed by atoms with Gasteiger partial charge < -0.3 is 9.64 Å². The summed E-state index contributed by atoms with van der Waals surface area (Å²) in [5.41, 5.74) is 0.569. The molecule has 0 fully saturated rings. The van der Waals surface area contributed by atoms with Crippen molar-refractivity contribution < 1.29 is 9.53 Å². The zero-order valence-electron chi connectivity index (χ0n) is 19.8. The minimum atomic E-state index is -0.331. The number of fused-ring (bicyclic) bond motifs is 1. The fourth-order valence-electron chi connectivity index (χ4n) is 3.90. The summed E-state index contributed by atoms with van der Waals surface area (Å²) >= 11 is 5.94. The van der Waals surface area contributed by atoms with Crippen LogP contribution in [0.4, 0.5) is 0 Å². The van der Waals surface area contributed by atoms with Crippen LogP contribution >= 0.6 is 11.6 Å². The first-order valence-corrected chi connectivity index (χ1v) is 11.9. The lowest BCUT2D eigenvalue weighted by Crippen LogP contribution is -2.41. The number of hydrogen-bond acceptors (Lipinski definition) is 4. The van der Waals surface area contributed by atoms with Crippen molar-refractivity contribution in [2.24, 2.45) is 5.92 Å². The molecular weight excluding hydrogens is 438 g/mol. The number of para-hydroxylation sites is 1. The largest absolute Gasteiger partial charge is 0.484 e. The van der Waals surface area contributed by atoms with E-state index in [-0.39, 0.29) is 24.1 Å². The molecule has 3 rings (SSSR count). The van der Waals surface area contributed by atoms with Gasteiger partial charge in [-0.2, -0.15) is 0 Å². The molecule has 0 aliphatic carbocycles. The SMILES string of the molecule is CCC(c1nc2ccccc2c(=O)n1CC)N(CCC(C)C)C(=O)COc1ccc(Cl)cc1. The van der Waals surface area contributed by atoms with Crippen molar-refractivity contribution in [3.63, 3.8) is 0 Å². The Morgan fingerprint density at radius 2 is 1.82 bits per heavy atom. The molecule has 1 aromatic heterocycles. The lowest BCUT2D eigenvalue weighted by atomic mass is 10.1. The molecule has 1 atom stereocenters. The molecule has 0 saturated heterocycles. The summed E-state index contributed by atoms with van der Waals surface area (Å²) < 4.78 is 7.44. The van der Waals surface area contributed by atoms with Crippen LogP contribution in [0.3, 0.4) is 0 Å². The van der Waals surface area contributed by atoms with E-state index in [2.05, 4.69) is 13.8 Å². The summed E-state index contributed by atoms with van der Waals surface area (Å²) in [6.45, 7) is 9.15. The third-order valence-electron chi connectivity index (χ3n) is 5.71. The Labute approximate surface area is 200 Å². The zero-order valence-corrected chi connectivity index (χ0v) is 20.5. The van der Waals surface area contributed by atoms with Crippen LogP contribution < -0.4 is 10.3 Å². The number of rotatable bonds is 10. The third kappa shape index (κ3) is 5.93. The Bertz CT molecular complexity index is 1140. The molecule has 1 unspecified atom stereocenters. The normalized spacial score (nSPS) is 12.2. The number of benzene rings is 2. The zero-order chi connectivity index (χ0) is 24.0. The summed E-state index contributed by atoms with van der Waals surface area (Å²) in [6.07, 6.45) is 1.47. The molecule has 0 N–H and O–H groups in total. The van der Waals surface area contributed by atoms with Crippen LogP contribution in [-0.4, -0.2) is 33.5 Å². The van der Waals surface area contributed by atoms with Crippen molar-refractivity contribution in [2.45, 2.75) is 53.1 Å². The average Bonchev–Trinajstić information content (AvgIpc) is 2.81. The summed E-state index contributed by atoms with van der Waals surface area (Å²) in [5, 5.41) is 1.20. The van der Waals surface area contributed by atoms with Crippen molar-refractivity contribution in [2.75, 3.05) is 13.2 Å². The molecule has 1 heterocycles. The second-order valence-electron chi connectivity index (χ2n) is 8.47. The Kier molecular flexibility index (Phi) is 8.50. The number of amides is 1. The molecule has 2 aromatic carbocycles. The number of carbonyl (C=O) groups excluding carboxylic acids is 1. The van der Waals surface area contributed by atoms with Crippen molar-refractivity contribution in [1.29, 1.82) is 0 Å². The van der Waals surface area contributed by atoms with Crippen LogP contribution in [0.2, 0.25) is 5.02 Å². The first-order chi connectivity index (χ1) is 15.8. The van der Waals surface area contributed by atoms with Crippen LogP contribution in [0, 0.1) is 5.92 Å². The van der Waals surface area contributed by atoms with Gasteiger partial charge in [0.2, 0.25) is 0 Å². The van der Waals surface area contributed by atoms with Gasteiger partial charge in [0.1, 0.15) is 11.6 Å². The molecule has 3 aromatic rings. The van der Waals surface area contributed by atoms with Gasteiger partial charge >= 0.3 is 0 Å². The summed E-state index contributed by atoms with van der Waals surface area (Å²) in [4.78, 5) is 33.2. The maximum Gasteiger partial charge on any atom is 0.261 e. The molecule has 0 bridgehead atoms. The predicted molar refractivity (Wildman–Crippen MR) is 133 cm³/mol. The van der Waals surface area contributed by atoms with Crippen LogP contribution in [0.15, 0.2) is 53.3 Å². The highest BCUT2D eigenvalue weighted by atomic mass is 35.5. The number of carbonyl (C=O) groups is 1. The van der Waals surface area contributed by atoms with Gasteiger partial charge in [0.25, 0.3) is 11.5 Å². The molecule has 176 valence electrons. The quantitative estimate of drug-likeness (QED) is 0.394. The fraction of sp³-hybridized carbons (Fsp3) is 0.423. The predicted octanol–water partition coefficient (Wildman–Crippen LogP) is 5.47. The highest BCUT2D eigenvalue weighted by Gasteiger charge is 2.28. The average molecular weight is 470 g/mol. The number of ether oxygens (including phenoxy) is 1. The number of hydrogen-bond donors (Lipinski definition) is 0. The van der Waals surface area contributed by atoms with E-state index in [0.29, 0.717) is 52.9 Å². The van der Waals surface area contributed by atoms with Gasteiger partial charge in [-0.05, 0) is 62.1 Å². The maximum atomic E-state index is 13.4. The van der Waals surface area contributed by atoms with Crippen molar-refractivity contribution in [3.05, 3.63) is 69.7 Å². The lowest BCUT2D eigenvalue weighted by molar-refractivity contribution is -0.136. The van der Waals surface area contributed by atoms with E-state index in [1.807, 2.05) is 36.9 Å². The van der Waals surface area contributed by atoms with Gasteiger partial charge in [-0.1, -0.05) is 44.5 Å². The van der Waals surface area contributed by atoms with E-state index >= 15 is 0 Å². The van der Waals surface area contributed by atoms with Crippen LogP contribution in [-0.2, 0) is 11.3 Å². The molecule has 0 radical (unpaired) electrons. The van der Waals surface area contributed by atoms with Gasteiger partial charge in [0, 0.05) is 18.1 Å². The Morgan fingerprint density at radius 1 is 1.12 bits per heavy atom. The van der Waals surface area contributed by atoms with E-state index in [1.54, 1.807) is 34.9 Å². The van der Waals surface area contributed by atoms with Gasteiger partial charge in [-0.3, -0.25) is 14.2 Å².